The molecular weight excluding hydrogens is 281 g/mol. The number of nitrogens with one attached hydrogen (secondary N) is 1. The molecule has 0 heterocycles. The van der Waals surface area contributed by atoms with Crippen LogP contribution in [0.25, 0.3) is 0 Å². The first-order chi connectivity index (χ1) is 8.68. The SMILES string of the molecule is NC1CCC(CNS(=O)(=O)CCCC(F)(F)F)CC1. The van der Waals surface area contributed by atoms with Gasteiger partial charge < -0.3 is 5.73 Å². The van der Waals surface area contributed by atoms with Crippen LogP contribution in [0, 0.1) is 5.92 Å². The predicted molar refractivity (Wildman–Crippen MR) is 67.0 cm³/mol. The lowest BCUT2D eigenvalue weighted by atomic mass is 9.87. The molecule has 0 radical (unpaired) electrons. The fraction of sp³-hybridized carbons (Fsp3) is 1.00. The molecule has 0 aliphatic heterocycles. The van der Waals surface area contributed by atoms with Crippen molar-refractivity contribution in [3.05, 3.63) is 0 Å². The van der Waals surface area contributed by atoms with Crippen LogP contribution in [-0.4, -0.2) is 32.9 Å². The summed E-state index contributed by atoms with van der Waals surface area (Å²) in [6.07, 6.45) is -2.27. The van der Waals surface area contributed by atoms with Gasteiger partial charge in [0.1, 0.15) is 0 Å². The zero-order chi connectivity index (χ0) is 14.5. The second-order valence-corrected chi connectivity index (χ2v) is 7.09. The van der Waals surface area contributed by atoms with Crippen LogP contribution < -0.4 is 10.5 Å². The molecule has 1 fully saturated rings. The van der Waals surface area contributed by atoms with Crippen molar-refractivity contribution < 1.29 is 21.6 Å². The van der Waals surface area contributed by atoms with Crippen molar-refractivity contribution in [3.8, 4) is 0 Å². The fourth-order valence-electron chi connectivity index (χ4n) is 2.17. The number of alkyl halides is 3. The van der Waals surface area contributed by atoms with Gasteiger partial charge in [0.15, 0.2) is 0 Å². The average molecular weight is 302 g/mol. The predicted octanol–water partition coefficient (Wildman–Crippen LogP) is 1.77. The molecule has 0 unspecified atom stereocenters. The van der Waals surface area contributed by atoms with Gasteiger partial charge >= 0.3 is 6.18 Å². The molecule has 1 aliphatic rings. The Balaban J connectivity index is 2.23. The highest BCUT2D eigenvalue weighted by Crippen LogP contribution is 2.23. The van der Waals surface area contributed by atoms with Gasteiger partial charge in [0.25, 0.3) is 0 Å². The summed E-state index contributed by atoms with van der Waals surface area (Å²) in [6.45, 7) is 0.307. The van der Waals surface area contributed by atoms with E-state index in [4.69, 9.17) is 5.73 Å². The van der Waals surface area contributed by atoms with Crippen LogP contribution >= 0.6 is 0 Å². The minimum Gasteiger partial charge on any atom is -0.328 e. The van der Waals surface area contributed by atoms with Crippen LogP contribution in [-0.2, 0) is 10.0 Å². The van der Waals surface area contributed by atoms with Gasteiger partial charge in [0.05, 0.1) is 5.75 Å². The minimum absolute atomic E-state index is 0.194. The Hall–Kier alpha value is -0.340. The maximum atomic E-state index is 11.9. The van der Waals surface area contributed by atoms with Crippen molar-refractivity contribution in [2.75, 3.05) is 12.3 Å². The molecule has 0 bridgehead atoms. The molecule has 3 N–H and O–H groups in total. The van der Waals surface area contributed by atoms with Crippen molar-refractivity contribution in [1.29, 1.82) is 0 Å². The second-order valence-electron chi connectivity index (χ2n) is 5.17. The molecule has 0 amide bonds. The monoisotopic (exact) mass is 302 g/mol. The largest absolute Gasteiger partial charge is 0.389 e. The maximum Gasteiger partial charge on any atom is 0.389 e. The number of nitrogens with two attached hydrogens (primary N) is 1. The quantitative estimate of drug-likeness (QED) is 0.785. The van der Waals surface area contributed by atoms with Gasteiger partial charge in [-0.1, -0.05) is 0 Å². The lowest BCUT2D eigenvalue weighted by Gasteiger charge is -2.26. The van der Waals surface area contributed by atoms with E-state index < -0.39 is 34.8 Å². The number of hydrogen-bond donors (Lipinski definition) is 2. The zero-order valence-electron chi connectivity index (χ0n) is 10.7. The van der Waals surface area contributed by atoms with Gasteiger partial charge in [-0.3, -0.25) is 0 Å². The van der Waals surface area contributed by atoms with E-state index in [0.29, 0.717) is 6.54 Å². The third-order valence-electron chi connectivity index (χ3n) is 3.36. The van der Waals surface area contributed by atoms with E-state index in [0.717, 1.165) is 25.7 Å². The number of hydrogen-bond acceptors (Lipinski definition) is 3. The number of sulfonamides is 1. The molecule has 4 nitrogen and oxygen atoms in total. The van der Waals surface area contributed by atoms with Gasteiger partial charge in [-0.2, -0.15) is 13.2 Å². The van der Waals surface area contributed by atoms with E-state index in [2.05, 4.69) is 4.72 Å². The first kappa shape index (κ1) is 16.7. The van der Waals surface area contributed by atoms with Crippen LogP contribution in [0.2, 0.25) is 0 Å². The molecule has 0 spiro atoms. The minimum atomic E-state index is -4.30. The Morgan fingerprint density at radius 3 is 2.26 bits per heavy atom. The van der Waals surface area contributed by atoms with E-state index in [-0.39, 0.29) is 12.0 Å². The molecule has 0 atom stereocenters. The molecule has 1 rings (SSSR count). The third-order valence-corrected chi connectivity index (χ3v) is 4.79. The van der Waals surface area contributed by atoms with Crippen molar-refractivity contribution >= 4 is 10.0 Å². The van der Waals surface area contributed by atoms with Crippen LogP contribution in [0.5, 0.6) is 0 Å². The zero-order valence-corrected chi connectivity index (χ0v) is 11.6. The Labute approximate surface area is 112 Å². The second kappa shape index (κ2) is 6.90. The summed E-state index contributed by atoms with van der Waals surface area (Å²) >= 11 is 0. The average Bonchev–Trinajstić information content (AvgIpc) is 2.26. The Morgan fingerprint density at radius 1 is 1.16 bits per heavy atom. The Bertz CT molecular complexity index is 363. The topological polar surface area (TPSA) is 72.2 Å². The van der Waals surface area contributed by atoms with Crippen molar-refractivity contribution in [1.82, 2.24) is 4.72 Å². The Kier molecular flexibility index (Phi) is 6.07. The first-order valence-corrected chi connectivity index (χ1v) is 8.13. The van der Waals surface area contributed by atoms with E-state index in [9.17, 15) is 21.6 Å². The number of rotatable bonds is 6. The van der Waals surface area contributed by atoms with Crippen molar-refractivity contribution in [2.24, 2.45) is 11.7 Å². The molecule has 8 heteroatoms. The molecule has 0 saturated heterocycles. The van der Waals surface area contributed by atoms with Crippen molar-refractivity contribution in [2.45, 2.75) is 50.7 Å². The van der Waals surface area contributed by atoms with Crippen LogP contribution in [0.1, 0.15) is 38.5 Å². The van der Waals surface area contributed by atoms with E-state index in [1.54, 1.807) is 0 Å². The summed E-state index contributed by atoms with van der Waals surface area (Å²) in [5.41, 5.74) is 5.74. The molecule has 0 aromatic carbocycles. The van der Waals surface area contributed by atoms with Crippen LogP contribution in [0.3, 0.4) is 0 Å². The summed E-state index contributed by atoms with van der Waals surface area (Å²) in [4.78, 5) is 0. The van der Waals surface area contributed by atoms with Crippen molar-refractivity contribution in [3.63, 3.8) is 0 Å². The summed E-state index contributed by atoms with van der Waals surface area (Å²) in [5, 5.41) is 0. The molecule has 1 aliphatic carbocycles. The highest BCUT2D eigenvalue weighted by molar-refractivity contribution is 7.89. The maximum absolute atomic E-state index is 11.9. The summed E-state index contributed by atoms with van der Waals surface area (Å²) < 4.78 is 61.2. The van der Waals surface area contributed by atoms with Gasteiger partial charge in [-0.15, -0.1) is 0 Å². The molecule has 114 valence electrons. The molecular formula is C11H21F3N2O2S. The van der Waals surface area contributed by atoms with Crippen LogP contribution in [0.15, 0.2) is 0 Å². The Morgan fingerprint density at radius 2 is 1.74 bits per heavy atom. The smallest absolute Gasteiger partial charge is 0.328 e. The van der Waals surface area contributed by atoms with Gasteiger partial charge in [0.2, 0.25) is 10.0 Å². The lowest BCUT2D eigenvalue weighted by molar-refractivity contribution is -0.134. The van der Waals surface area contributed by atoms with Gasteiger partial charge in [0, 0.05) is 19.0 Å². The third kappa shape index (κ3) is 7.74. The highest BCUT2D eigenvalue weighted by Gasteiger charge is 2.27. The van der Waals surface area contributed by atoms with E-state index in [1.807, 2.05) is 0 Å². The van der Waals surface area contributed by atoms with Gasteiger partial charge in [-0.25, -0.2) is 13.1 Å². The summed E-state index contributed by atoms with van der Waals surface area (Å²) in [5.74, 6) is -0.226. The normalized spacial score (nSPS) is 25.5. The molecule has 0 aromatic rings. The highest BCUT2D eigenvalue weighted by atomic mass is 32.2. The summed E-state index contributed by atoms with van der Waals surface area (Å²) in [7, 11) is -3.60. The summed E-state index contributed by atoms with van der Waals surface area (Å²) in [6, 6.07) is 0.194. The standard InChI is InChI=1S/C11H21F3N2O2S/c12-11(13,14)6-1-7-19(17,18)16-8-9-2-4-10(15)5-3-9/h9-10,16H,1-8,15H2. The lowest BCUT2D eigenvalue weighted by Crippen LogP contribution is -2.35. The fourth-order valence-corrected chi connectivity index (χ4v) is 3.33. The molecule has 0 aromatic heterocycles. The van der Waals surface area contributed by atoms with E-state index in [1.165, 1.54) is 0 Å². The molecule has 19 heavy (non-hydrogen) atoms. The van der Waals surface area contributed by atoms with Crippen LogP contribution in [0.4, 0.5) is 13.2 Å². The van der Waals surface area contributed by atoms with Gasteiger partial charge in [-0.05, 0) is 38.0 Å². The number of halogens is 3. The van der Waals surface area contributed by atoms with E-state index >= 15 is 0 Å². The molecule has 1 saturated carbocycles. The first-order valence-electron chi connectivity index (χ1n) is 6.47.